The Bertz CT molecular complexity index is 182. The fourth-order valence-electron chi connectivity index (χ4n) is 1.48. The first-order chi connectivity index (χ1) is 5.25. The zero-order valence-electron chi connectivity index (χ0n) is 7.50. The number of hydrogen-bond acceptors (Lipinski definition) is 1. The van der Waals surface area contributed by atoms with E-state index in [1.54, 1.807) is 0 Å². The summed E-state index contributed by atoms with van der Waals surface area (Å²) in [7, 11) is 1.13. The highest BCUT2D eigenvalue weighted by Crippen LogP contribution is 2.17. The molecule has 0 spiro atoms. The molecule has 1 aliphatic rings. The maximum absolute atomic E-state index is 5.44. The van der Waals surface area contributed by atoms with Crippen LogP contribution < -0.4 is 0 Å². The lowest BCUT2D eigenvalue weighted by Crippen LogP contribution is -2.27. The third-order valence-electron chi connectivity index (χ3n) is 1.99. The second kappa shape index (κ2) is 3.88. The predicted octanol–water partition coefficient (Wildman–Crippen LogP) is 1.91. The van der Waals surface area contributed by atoms with Crippen LogP contribution in [0.15, 0.2) is 23.8 Å². The van der Waals surface area contributed by atoms with Crippen molar-refractivity contribution < 1.29 is 4.74 Å². The van der Waals surface area contributed by atoms with Gasteiger partial charge in [0.15, 0.2) is 0 Å². The van der Waals surface area contributed by atoms with E-state index >= 15 is 0 Å². The molecule has 0 aromatic carbocycles. The minimum Gasteiger partial charge on any atom is -0.381 e. The van der Waals surface area contributed by atoms with E-state index in [1.807, 2.05) is 7.11 Å². The van der Waals surface area contributed by atoms with Crippen molar-refractivity contribution in [1.29, 1.82) is 0 Å². The van der Waals surface area contributed by atoms with Crippen LogP contribution in [-0.4, -0.2) is 21.6 Å². The molecule has 2 heteroatoms. The quantitative estimate of drug-likeness (QED) is 0.585. The first kappa shape index (κ1) is 8.75. The minimum absolute atomic E-state index is 0.425. The lowest BCUT2D eigenvalue weighted by atomic mass is 10.3. The summed E-state index contributed by atoms with van der Waals surface area (Å²) >= 11 is 0. The van der Waals surface area contributed by atoms with E-state index in [4.69, 9.17) is 4.74 Å². The maximum Gasteiger partial charge on any atom is 0.0713 e. The van der Waals surface area contributed by atoms with E-state index in [0.29, 0.717) is 5.73 Å². The lowest BCUT2D eigenvalue weighted by molar-refractivity contribution is 0.190. The van der Waals surface area contributed by atoms with Crippen molar-refractivity contribution in [3.63, 3.8) is 0 Å². The molecule has 62 valence electrons. The molecule has 0 saturated heterocycles. The average molecular weight is 168 g/mol. The van der Waals surface area contributed by atoms with Crippen molar-refractivity contribution in [2.24, 2.45) is 0 Å². The topological polar surface area (TPSA) is 9.23 Å². The van der Waals surface area contributed by atoms with Gasteiger partial charge in [0.05, 0.1) is 14.5 Å². The number of rotatable bonds is 3. The third kappa shape index (κ3) is 2.04. The SMILES string of the molecule is COC(C1=CCC=C1)[SiH](C)C. The molecule has 0 aromatic heterocycles. The highest BCUT2D eigenvalue weighted by molar-refractivity contribution is 6.58. The van der Waals surface area contributed by atoms with Crippen LogP contribution in [-0.2, 0) is 4.74 Å². The molecule has 1 rings (SSSR count). The summed E-state index contributed by atoms with van der Waals surface area (Å²) in [6.45, 7) is 4.64. The van der Waals surface area contributed by atoms with E-state index < -0.39 is 8.80 Å². The van der Waals surface area contributed by atoms with Gasteiger partial charge in [-0.15, -0.1) is 0 Å². The van der Waals surface area contributed by atoms with Gasteiger partial charge in [0.1, 0.15) is 0 Å². The Labute approximate surface area is 70.4 Å². The van der Waals surface area contributed by atoms with E-state index in [2.05, 4.69) is 31.3 Å². The van der Waals surface area contributed by atoms with E-state index in [1.165, 1.54) is 5.57 Å². The van der Waals surface area contributed by atoms with Crippen LogP contribution in [0.25, 0.3) is 0 Å². The fraction of sp³-hybridized carbons (Fsp3) is 0.556. The van der Waals surface area contributed by atoms with Gasteiger partial charge in [-0.1, -0.05) is 31.3 Å². The summed E-state index contributed by atoms with van der Waals surface area (Å²) in [5.74, 6) is 0. The average Bonchev–Trinajstić information content (AvgIpc) is 2.40. The van der Waals surface area contributed by atoms with Crippen molar-refractivity contribution in [3.8, 4) is 0 Å². The van der Waals surface area contributed by atoms with Gasteiger partial charge < -0.3 is 4.74 Å². The van der Waals surface area contributed by atoms with Crippen LogP contribution in [0.1, 0.15) is 6.42 Å². The minimum atomic E-state index is -0.680. The molecule has 0 amide bonds. The number of ether oxygens (including phenoxy) is 1. The Balaban J connectivity index is 2.61. The molecule has 1 aliphatic carbocycles. The lowest BCUT2D eigenvalue weighted by Gasteiger charge is -2.18. The molecule has 0 radical (unpaired) electrons. The summed E-state index contributed by atoms with van der Waals surface area (Å²) in [6, 6.07) is 0. The van der Waals surface area contributed by atoms with Crippen LogP contribution in [0.3, 0.4) is 0 Å². The van der Waals surface area contributed by atoms with Crippen LogP contribution >= 0.6 is 0 Å². The van der Waals surface area contributed by atoms with Crippen LogP contribution in [0.5, 0.6) is 0 Å². The Morgan fingerprint density at radius 1 is 1.55 bits per heavy atom. The molecule has 11 heavy (non-hydrogen) atoms. The molecule has 0 aliphatic heterocycles. The largest absolute Gasteiger partial charge is 0.381 e. The molecule has 1 unspecified atom stereocenters. The Morgan fingerprint density at radius 3 is 2.64 bits per heavy atom. The molecule has 1 nitrogen and oxygen atoms in total. The summed E-state index contributed by atoms with van der Waals surface area (Å²) in [5.41, 5.74) is 1.82. The summed E-state index contributed by atoms with van der Waals surface area (Å²) in [6.07, 6.45) is 7.75. The molecule has 0 saturated carbocycles. The fourth-order valence-corrected chi connectivity index (χ4v) is 3.04. The predicted molar refractivity (Wildman–Crippen MR) is 51.5 cm³/mol. The monoisotopic (exact) mass is 168 g/mol. The first-order valence-corrected chi connectivity index (χ1v) is 7.12. The zero-order chi connectivity index (χ0) is 8.27. The second-order valence-electron chi connectivity index (χ2n) is 3.24. The normalized spacial score (nSPS) is 19.1. The van der Waals surface area contributed by atoms with Crippen molar-refractivity contribution in [3.05, 3.63) is 23.8 Å². The highest BCUT2D eigenvalue weighted by atomic mass is 28.3. The molecular weight excluding hydrogens is 152 g/mol. The number of methoxy groups -OCH3 is 1. The van der Waals surface area contributed by atoms with Crippen LogP contribution in [0.2, 0.25) is 13.1 Å². The van der Waals surface area contributed by atoms with Gasteiger partial charge in [0, 0.05) is 7.11 Å². The third-order valence-corrected chi connectivity index (χ3v) is 3.86. The molecular formula is C9H16OSi. The standard InChI is InChI=1S/C9H16OSi/c1-10-9(11(2)3)8-6-4-5-7-8/h4,6-7,9,11H,5H2,1-3H3. The van der Waals surface area contributed by atoms with Gasteiger partial charge in [-0.05, 0) is 12.0 Å². The summed E-state index contributed by atoms with van der Waals surface area (Å²) in [4.78, 5) is 0. The second-order valence-corrected chi connectivity index (χ2v) is 6.34. The molecule has 0 fully saturated rings. The molecule has 0 N–H and O–H groups in total. The Morgan fingerprint density at radius 2 is 2.27 bits per heavy atom. The summed E-state index contributed by atoms with van der Waals surface area (Å²) in [5, 5.41) is 0. The van der Waals surface area contributed by atoms with Gasteiger partial charge in [-0.2, -0.15) is 0 Å². The maximum atomic E-state index is 5.44. The van der Waals surface area contributed by atoms with E-state index in [0.717, 1.165) is 6.42 Å². The molecule has 0 bridgehead atoms. The summed E-state index contributed by atoms with van der Waals surface area (Å²) < 4.78 is 5.44. The van der Waals surface area contributed by atoms with Crippen molar-refractivity contribution in [2.45, 2.75) is 25.2 Å². The Kier molecular flexibility index (Phi) is 3.09. The van der Waals surface area contributed by atoms with E-state index in [-0.39, 0.29) is 0 Å². The van der Waals surface area contributed by atoms with Gasteiger partial charge in [-0.25, -0.2) is 0 Å². The number of allylic oxidation sites excluding steroid dienone is 2. The van der Waals surface area contributed by atoms with E-state index in [9.17, 15) is 0 Å². The smallest absolute Gasteiger partial charge is 0.0713 e. The van der Waals surface area contributed by atoms with Crippen molar-refractivity contribution >= 4 is 8.80 Å². The molecule has 1 atom stereocenters. The van der Waals surface area contributed by atoms with Crippen LogP contribution in [0, 0.1) is 0 Å². The van der Waals surface area contributed by atoms with Crippen molar-refractivity contribution in [1.82, 2.24) is 0 Å². The first-order valence-electron chi connectivity index (χ1n) is 4.15. The number of hydrogen-bond donors (Lipinski definition) is 0. The molecule has 0 heterocycles. The van der Waals surface area contributed by atoms with Crippen molar-refractivity contribution in [2.75, 3.05) is 7.11 Å². The van der Waals surface area contributed by atoms with Crippen LogP contribution in [0.4, 0.5) is 0 Å². The van der Waals surface area contributed by atoms with Gasteiger partial charge >= 0.3 is 0 Å². The van der Waals surface area contributed by atoms with Gasteiger partial charge in [-0.3, -0.25) is 0 Å². The van der Waals surface area contributed by atoms with Gasteiger partial charge in [0.25, 0.3) is 0 Å². The zero-order valence-corrected chi connectivity index (χ0v) is 8.66. The van der Waals surface area contributed by atoms with Gasteiger partial charge in [0.2, 0.25) is 0 Å². The Hall–Kier alpha value is -0.343. The highest BCUT2D eigenvalue weighted by Gasteiger charge is 2.17. The molecule has 0 aromatic rings.